The predicted molar refractivity (Wildman–Crippen MR) is 81.2 cm³/mol. The Balaban J connectivity index is 0.00000220. The number of hydrogen-bond donors (Lipinski definition) is 2. The standard InChI is InChI=1S/C11H14ClN3O4S.ClH/c12-8-2-1-3-10(15(16)17)11(8)20(18,19)14-9(6-13)7-4-5-7;/h1-3,7,9,14H,4-6,13H2;1H. The van der Waals surface area contributed by atoms with Crippen LogP contribution in [0.4, 0.5) is 5.69 Å². The summed E-state index contributed by atoms with van der Waals surface area (Å²) in [6, 6.07) is 3.32. The van der Waals surface area contributed by atoms with Crippen LogP contribution in [0.1, 0.15) is 12.8 Å². The molecule has 0 amide bonds. The zero-order chi connectivity index (χ0) is 14.9. The van der Waals surface area contributed by atoms with Crippen LogP contribution in [0, 0.1) is 16.0 Å². The van der Waals surface area contributed by atoms with Crippen molar-refractivity contribution in [3.8, 4) is 0 Å². The third kappa shape index (κ3) is 4.04. The molecule has 7 nitrogen and oxygen atoms in total. The number of nitro groups is 1. The Labute approximate surface area is 133 Å². The number of rotatable bonds is 6. The third-order valence-corrected chi connectivity index (χ3v) is 5.17. The Morgan fingerprint density at radius 1 is 1.48 bits per heavy atom. The van der Waals surface area contributed by atoms with Crippen molar-refractivity contribution < 1.29 is 13.3 Å². The fourth-order valence-electron chi connectivity index (χ4n) is 2.00. The summed E-state index contributed by atoms with van der Waals surface area (Å²) in [6.45, 7) is 0.141. The molecular weight excluding hydrogens is 341 g/mol. The maximum atomic E-state index is 12.3. The Morgan fingerprint density at radius 3 is 2.57 bits per heavy atom. The Morgan fingerprint density at radius 2 is 2.10 bits per heavy atom. The van der Waals surface area contributed by atoms with Gasteiger partial charge < -0.3 is 5.73 Å². The van der Waals surface area contributed by atoms with Crippen molar-refractivity contribution in [3.63, 3.8) is 0 Å². The molecule has 1 aromatic rings. The van der Waals surface area contributed by atoms with Crippen LogP contribution in [0.5, 0.6) is 0 Å². The normalized spacial score (nSPS) is 16.1. The fraction of sp³-hybridized carbons (Fsp3) is 0.455. The molecule has 10 heteroatoms. The van der Waals surface area contributed by atoms with E-state index in [1.54, 1.807) is 0 Å². The van der Waals surface area contributed by atoms with Crippen molar-refractivity contribution in [2.45, 2.75) is 23.8 Å². The molecule has 0 saturated heterocycles. The quantitative estimate of drug-likeness (QED) is 0.594. The van der Waals surface area contributed by atoms with Gasteiger partial charge in [0.2, 0.25) is 10.0 Å². The Bertz CT molecular complexity index is 634. The average molecular weight is 356 g/mol. The van der Waals surface area contributed by atoms with Crippen LogP contribution in [0.3, 0.4) is 0 Å². The first-order valence-electron chi connectivity index (χ1n) is 6.02. The smallest absolute Gasteiger partial charge is 0.290 e. The summed E-state index contributed by atoms with van der Waals surface area (Å²) in [5.74, 6) is 0.191. The van der Waals surface area contributed by atoms with E-state index in [0.29, 0.717) is 0 Å². The van der Waals surface area contributed by atoms with Crippen molar-refractivity contribution >= 4 is 39.7 Å². The molecule has 0 spiro atoms. The van der Waals surface area contributed by atoms with Crippen LogP contribution >= 0.6 is 24.0 Å². The number of nitro benzene ring substituents is 1. The largest absolute Gasteiger partial charge is 0.329 e. The van der Waals surface area contributed by atoms with E-state index < -0.39 is 31.6 Å². The van der Waals surface area contributed by atoms with E-state index in [9.17, 15) is 18.5 Å². The number of hydrogen-bond acceptors (Lipinski definition) is 5. The number of halogens is 2. The maximum absolute atomic E-state index is 12.3. The maximum Gasteiger partial charge on any atom is 0.290 e. The van der Waals surface area contributed by atoms with Crippen molar-refractivity contribution in [1.29, 1.82) is 0 Å². The molecular formula is C11H15Cl2N3O4S. The molecule has 118 valence electrons. The topological polar surface area (TPSA) is 115 Å². The first kappa shape index (κ1) is 18.1. The third-order valence-electron chi connectivity index (χ3n) is 3.16. The van der Waals surface area contributed by atoms with Gasteiger partial charge in [0.25, 0.3) is 5.69 Å². The van der Waals surface area contributed by atoms with E-state index >= 15 is 0 Å². The van der Waals surface area contributed by atoms with Crippen LogP contribution in [0.2, 0.25) is 5.02 Å². The lowest BCUT2D eigenvalue weighted by Gasteiger charge is -2.16. The molecule has 1 fully saturated rings. The lowest BCUT2D eigenvalue weighted by atomic mass is 10.2. The van der Waals surface area contributed by atoms with Gasteiger partial charge >= 0.3 is 0 Å². The zero-order valence-electron chi connectivity index (χ0n) is 10.9. The molecule has 0 aliphatic heterocycles. The van der Waals surface area contributed by atoms with Gasteiger partial charge in [0.05, 0.1) is 9.95 Å². The second-order valence-corrected chi connectivity index (χ2v) is 6.70. The monoisotopic (exact) mass is 355 g/mol. The van der Waals surface area contributed by atoms with Crippen molar-refractivity contribution in [1.82, 2.24) is 4.72 Å². The van der Waals surface area contributed by atoms with Crippen LogP contribution < -0.4 is 10.5 Å². The van der Waals surface area contributed by atoms with E-state index in [0.717, 1.165) is 18.9 Å². The summed E-state index contributed by atoms with van der Waals surface area (Å²) in [7, 11) is -4.09. The Hall–Kier alpha value is -0.930. The summed E-state index contributed by atoms with van der Waals surface area (Å²) in [5.41, 5.74) is 5.00. The Kier molecular flexibility index (Phi) is 5.94. The molecule has 21 heavy (non-hydrogen) atoms. The van der Waals surface area contributed by atoms with Gasteiger partial charge in [-0.25, -0.2) is 13.1 Å². The molecule has 2 rings (SSSR count). The molecule has 0 bridgehead atoms. The molecule has 0 aromatic heterocycles. The predicted octanol–water partition coefficient (Wildman–Crippen LogP) is 1.69. The van der Waals surface area contributed by atoms with Crippen molar-refractivity contribution in [2.75, 3.05) is 6.54 Å². The average Bonchev–Trinajstić information content (AvgIpc) is 3.19. The number of benzene rings is 1. The highest BCUT2D eigenvalue weighted by atomic mass is 35.5. The van der Waals surface area contributed by atoms with Gasteiger partial charge in [0.15, 0.2) is 4.90 Å². The van der Waals surface area contributed by atoms with Gasteiger partial charge in [0, 0.05) is 18.7 Å². The highest BCUT2D eigenvalue weighted by molar-refractivity contribution is 7.89. The van der Waals surface area contributed by atoms with Crippen LogP contribution in [-0.4, -0.2) is 25.9 Å². The first-order valence-corrected chi connectivity index (χ1v) is 7.88. The minimum Gasteiger partial charge on any atom is -0.329 e. The van der Waals surface area contributed by atoms with Gasteiger partial charge in [-0.05, 0) is 24.8 Å². The molecule has 1 unspecified atom stereocenters. The van der Waals surface area contributed by atoms with Crippen molar-refractivity contribution in [2.24, 2.45) is 11.7 Å². The lowest BCUT2D eigenvalue weighted by molar-refractivity contribution is -0.387. The van der Waals surface area contributed by atoms with Crippen LogP contribution in [0.15, 0.2) is 23.1 Å². The van der Waals surface area contributed by atoms with E-state index in [1.807, 2.05) is 0 Å². The number of nitrogens with zero attached hydrogens (tertiary/aromatic N) is 1. The second-order valence-electron chi connectivity index (χ2n) is 4.65. The van der Waals surface area contributed by atoms with Crippen LogP contribution in [-0.2, 0) is 10.0 Å². The summed E-state index contributed by atoms with van der Waals surface area (Å²) >= 11 is 5.82. The molecule has 1 aliphatic carbocycles. The second kappa shape index (κ2) is 6.89. The van der Waals surface area contributed by atoms with Gasteiger partial charge in [0.1, 0.15) is 0 Å². The van der Waals surface area contributed by atoms with Crippen molar-refractivity contribution in [3.05, 3.63) is 33.3 Å². The molecule has 1 aliphatic rings. The minimum absolute atomic E-state index is 0. The molecule has 3 N–H and O–H groups in total. The van der Waals surface area contributed by atoms with Crippen LogP contribution in [0.25, 0.3) is 0 Å². The summed E-state index contributed by atoms with van der Waals surface area (Å²) in [4.78, 5) is 9.67. The van der Waals surface area contributed by atoms with Gasteiger partial charge in [-0.1, -0.05) is 17.7 Å². The molecule has 1 atom stereocenters. The van der Waals surface area contributed by atoms with Gasteiger partial charge in [-0.3, -0.25) is 10.1 Å². The van der Waals surface area contributed by atoms with Gasteiger partial charge in [-0.2, -0.15) is 0 Å². The molecule has 1 saturated carbocycles. The van der Waals surface area contributed by atoms with E-state index in [-0.39, 0.29) is 29.9 Å². The first-order chi connectivity index (χ1) is 9.36. The molecule has 0 radical (unpaired) electrons. The highest BCUT2D eigenvalue weighted by Gasteiger charge is 2.36. The zero-order valence-corrected chi connectivity index (χ0v) is 13.2. The highest BCUT2D eigenvalue weighted by Crippen LogP contribution is 2.35. The minimum atomic E-state index is -4.09. The number of nitrogens with one attached hydrogen (secondary N) is 1. The van der Waals surface area contributed by atoms with E-state index in [2.05, 4.69) is 4.72 Å². The SMILES string of the molecule is Cl.NCC(NS(=O)(=O)c1c(Cl)cccc1[N+](=O)[O-])C1CC1. The molecule has 0 heterocycles. The fourth-order valence-corrected chi connectivity index (χ4v) is 4.02. The van der Waals surface area contributed by atoms with E-state index in [4.69, 9.17) is 17.3 Å². The number of nitrogens with two attached hydrogens (primary N) is 1. The van der Waals surface area contributed by atoms with E-state index in [1.165, 1.54) is 12.1 Å². The summed E-state index contributed by atoms with van der Waals surface area (Å²) < 4.78 is 27.1. The lowest BCUT2D eigenvalue weighted by Crippen LogP contribution is -2.41. The summed E-state index contributed by atoms with van der Waals surface area (Å²) in [6.07, 6.45) is 1.80. The molecule has 1 aromatic carbocycles. The van der Waals surface area contributed by atoms with Gasteiger partial charge in [-0.15, -0.1) is 12.4 Å². The summed E-state index contributed by atoms with van der Waals surface area (Å²) in [5, 5.41) is 10.8. The number of sulfonamides is 1.